The van der Waals surface area contributed by atoms with Crippen LogP contribution in [0.25, 0.3) is 0 Å². The molecule has 16 heavy (non-hydrogen) atoms. The highest BCUT2D eigenvalue weighted by atomic mass is 16.4. The average Bonchev–Trinajstić information content (AvgIpc) is 2.28. The highest BCUT2D eigenvalue weighted by Gasteiger charge is 2.34. The maximum atomic E-state index is 11.9. The van der Waals surface area contributed by atoms with Gasteiger partial charge in [0.15, 0.2) is 0 Å². The Bertz CT molecular complexity index is 299. The summed E-state index contributed by atoms with van der Waals surface area (Å²) >= 11 is 0. The molecule has 90 valence electrons. The lowest BCUT2D eigenvalue weighted by Gasteiger charge is -2.25. The molecule has 1 amide bonds. The predicted octanol–water partition coefficient (Wildman–Crippen LogP) is 1.57. The number of carboxylic acids is 1. The second-order valence-electron chi connectivity index (χ2n) is 4.31. The summed E-state index contributed by atoms with van der Waals surface area (Å²) in [6.07, 6.45) is 5.56. The second kappa shape index (κ2) is 5.68. The van der Waals surface area contributed by atoms with Gasteiger partial charge in [-0.1, -0.05) is 19.1 Å². The number of nitrogens with one attached hydrogen (secondary N) is 1. The molecule has 0 spiro atoms. The first-order valence-electron chi connectivity index (χ1n) is 5.74. The fourth-order valence-electron chi connectivity index (χ4n) is 1.83. The standard InChI is InChI=1S/C12H19NO3/c1-3-8(2)13-11(14)9-6-4-5-7-10(9)12(15)16/h4-5,8-10H,3,6-7H2,1-2H3,(H,13,14)(H,15,16)/t8-,9-,10-/m0/s1. The molecule has 0 aromatic heterocycles. The van der Waals surface area contributed by atoms with Crippen molar-refractivity contribution in [3.8, 4) is 0 Å². The molecule has 0 fully saturated rings. The topological polar surface area (TPSA) is 66.4 Å². The van der Waals surface area contributed by atoms with E-state index in [2.05, 4.69) is 5.32 Å². The number of hydrogen-bond donors (Lipinski definition) is 2. The number of hydrogen-bond acceptors (Lipinski definition) is 2. The van der Waals surface area contributed by atoms with Crippen LogP contribution in [-0.4, -0.2) is 23.0 Å². The molecule has 4 heteroatoms. The quantitative estimate of drug-likeness (QED) is 0.714. The molecule has 4 nitrogen and oxygen atoms in total. The van der Waals surface area contributed by atoms with Crippen molar-refractivity contribution in [1.29, 1.82) is 0 Å². The first-order chi connectivity index (χ1) is 7.56. The van der Waals surface area contributed by atoms with Crippen LogP contribution in [0, 0.1) is 11.8 Å². The van der Waals surface area contributed by atoms with Gasteiger partial charge in [-0.3, -0.25) is 9.59 Å². The van der Waals surface area contributed by atoms with E-state index in [1.807, 2.05) is 26.0 Å². The summed E-state index contributed by atoms with van der Waals surface area (Å²) in [6.45, 7) is 3.91. The molecule has 3 atom stereocenters. The van der Waals surface area contributed by atoms with Crippen molar-refractivity contribution in [2.45, 2.75) is 39.2 Å². The lowest BCUT2D eigenvalue weighted by Crippen LogP contribution is -2.42. The van der Waals surface area contributed by atoms with E-state index in [9.17, 15) is 9.59 Å². The molecular formula is C12H19NO3. The van der Waals surface area contributed by atoms with Crippen molar-refractivity contribution in [3.63, 3.8) is 0 Å². The summed E-state index contributed by atoms with van der Waals surface area (Å²) in [7, 11) is 0. The molecular weight excluding hydrogens is 206 g/mol. The Labute approximate surface area is 95.7 Å². The zero-order valence-corrected chi connectivity index (χ0v) is 9.77. The van der Waals surface area contributed by atoms with Gasteiger partial charge in [-0.15, -0.1) is 0 Å². The SMILES string of the molecule is CC[C@H](C)NC(=O)[C@H]1CC=CC[C@@H]1C(=O)O. The number of carboxylic acid groups (broad SMARTS) is 1. The molecule has 0 aromatic carbocycles. The molecule has 0 aromatic rings. The van der Waals surface area contributed by atoms with Gasteiger partial charge >= 0.3 is 5.97 Å². The fourth-order valence-corrected chi connectivity index (χ4v) is 1.83. The Morgan fingerprint density at radius 1 is 1.38 bits per heavy atom. The Balaban J connectivity index is 2.65. The van der Waals surface area contributed by atoms with E-state index < -0.39 is 17.8 Å². The van der Waals surface area contributed by atoms with Crippen LogP contribution < -0.4 is 5.32 Å². The fraction of sp³-hybridized carbons (Fsp3) is 0.667. The number of rotatable bonds is 4. The Morgan fingerprint density at radius 2 is 1.94 bits per heavy atom. The number of carbonyl (C=O) groups is 2. The summed E-state index contributed by atoms with van der Waals surface area (Å²) < 4.78 is 0. The first kappa shape index (κ1) is 12.7. The van der Waals surface area contributed by atoms with Crippen LogP contribution in [0.3, 0.4) is 0 Å². The van der Waals surface area contributed by atoms with Crippen LogP contribution in [0.1, 0.15) is 33.1 Å². The van der Waals surface area contributed by atoms with E-state index in [4.69, 9.17) is 5.11 Å². The van der Waals surface area contributed by atoms with Crippen molar-refractivity contribution in [2.75, 3.05) is 0 Å². The lowest BCUT2D eigenvalue weighted by molar-refractivity contribution is -0.147. The third-order valence-corrected chi connectivity index (χ3v) is 3.09. The second-order valence-corrected chi connectivity index (χ2v) is 4.31. The van der Waals surface area contributed by atoms with Gasteiger partial charge in [0.1, 0.15) is 0 Å². The van der Waals surface area contributed by atoms with E-state index >= 15 is 0 Å². The molecule has 0 aliphatic heterocycles. The molecule has 0 saturated carbocycles. The van der Waals surface area contributed by atoms with Crippen molar-refractivity contribution in [2.24, 2.45) is 11.8 Å². The van der Waals surface area contributed by atoms with Gasteiger partial charge in [-0.2, -0.15) is 0 Å². The number of allylic oxidation sites excluding steroid dienone is 2. The summed E-state index contributed by atoms with van der Waals surface area (Å²) in [5.41, 5.74) is 0. The monoisotopic (exact) mass is 225 g/mol. The highest BCUT2D eigenvalue weighted by molar-refractivity contribution is 5.85. The molecule has 1 aliphatic rings. The molecule has 0 heterocycles. The van der Waals surface area contributed by atoms with Crippen LogP contribution in [0.2, 0.25) is 0 Å². The van der Waals surface area contributed by atoms with Crippen LogP contribution in [0.15, 0.2) is 12.2 Å². The van der Waals surface area contributed by atoms with Crippen molar-refractivity contribution < 1.29 is 14.7 Å². The average molecular weight is 225 g/mol. The normalized spacial score (nSPS) is 26.1. The molecule has 0 unspecified atom stereocenters. The molecule has 2 N–H and O–H groups in total. The lowest BCUT2D eigenvalue weighted by atomic mass is 9.82. The molecule has 0 saturated heterocycles. The molecule has 1 aliphatic carbocycles. The zero-order chi connectivity index (χ0) is 12.1. The predicted molar refractivity (Wildman–Crippen MR) is 60.9 cm³/mol. The summed E-state index contributed by atoms with van der Waals surface area (Å²) in [4.78, 5) is 22.9. The maximum absolute atomic E-state index is 11.9. The minimum absolute atomic E-state index is 0.104. The van der Waals surface area contributed by atoms with Crippen molar-refractivity contribution in [3.05, 3.63) is 12.2 Å². The summed E-state index contributed by atoms with van der Waals surface area (Å²) in [5.74, 6) is -2.01. The van der Waals surface area contributed by atoms with Gasteiger partial charge in [-0.05, 0) is 26.2 Å². The summed E-state index contributed by atoms with van der Waals surface area (Å²) in [5, 5.41) is 11.9. The first-order valence-corrected chi connectivity index (χ1v) is 5.74. The third kappa shape index (κ3) is 3.08. The van der Waals surface area contributed by atoms with Gasteiger partial charge < -0.3 is 10.4 Å². The van der Waals surface area contributed by atoms with E-state index in [1.54, 1.807) is 0 Å². The van der Waals surface area contributed by atoms with E-state index in [1.165, 1.54) is 0 Å². The Morgan fingerprint density at radius 3 is 2.44 bits per heavy atom. The van der Waals surface area contributed by atoms with E-state index in [0.29, 0.717) is 12.8 Å². The number of aliphatic carboxylic acids is 1. The van der Waals surface area contributed by atoms with Crippen LogP contribution in [0.4, 0.5) is 0 Å². The van der Waals surface area contributed by atoms with E-state index in [0.717, 1.165) is 6.42 Å². The van der Waals surface area contributed by atoms with Gasteiger partial charge in [0.05, 0.1) is 11.8 Å². The van der Waals surface area contributed by atoms with Crippen LogP contribution >= 0.6 is 0 Å². The van der Waals surface area contributed by atoms with Crippen molar-refractivity contribution >= 4 is 11.9 Å². The van der Waals surface area contributed by atoms with E-state index in [-0.39, 0.29) is 11.9 Å². The molecule has 0 bridgehead atoms. The van der Waals surface area contributed by atoms with Crippen LogP contribution in [0.5, 0.6) is 0 Å². The highest BCUT2D eigenvalue weighted by Crippen LogP contribution is 2.26. The minimum Gasteiger partial charge on any atom is -0.481 e. The largest absolute Gasteiger partial charge is 0.481 e. The van der Waals surface area contributed by atoms with Crippen LogP contribution in [-0.2, 0) is 9.59 Å². The van der Waals surface area contributed by atoms with Gasteiger partial charge in [-0.25, -0.2) is 0 Å². The Hall–Kier alpha value is -1.32. The van der Waals surface area contributed by atoms with Crippen molar-refractivity contribution in [1.82, 2.24) is 5.32 Å². The van der Waals surface area contributed by atoms with Gasteiger partial charge in [0.2, 0.25) is 5.91 Å². The third-order valence-electron chi connectivity index (χ3n) is 3.09. The summed E-state index contributed by atoms with van der Waals surface area (Å²) in [6, 6.07) is 0.104. The Kier molecular flexibility index (Phi) is 4.52. The molecule has 1 rings (SSSR count). The van der Waals surface area contributed by atoms with Gasteiger partial charge in [0, 0.05) is 6.04 Å². The molecule has 0 radical (unpaired) electrons. The maximum Gasteiger partial charge on any atom is 0.307 e. The number of amides is 1. The smallest absolute Gasteiger partial charge is 0.307 e. The zero-order valence-electron chi connectivity index (χ0n) is 9.77. The number of carbonyl (C=O) groups excluding carboxylic acids is 1. The van der Waals surface area contributed by atoms with Gasteiger partial charge in [0.25, 0.3) is 0 Å². The minimum atomic E-state index is -0.881.